The fourth-order valence-corrected chi connectivity index (χ4v) is 2.29. The summed E-state index contributed by atoms with van der Waals surface area (Å²) in [6, 6.07) is 19.2. The second-order valence-corrected chi connectivity index (χ2v) is 4.73. The van der Waals surface area contributed by atoms with Crippen LogP contribution in [0.1, 0.15) is 6.92 Å². The van der Waals surface area contributed by atoms with Crippen molar-refractivity contribution in [1.82, 2.24) is 9.55 Å². The van der Waals surface area contributed by atoms with Gasteiger partial charge in [0.15, 0.2) is 0 Å². The van der Waals surface area contributed by atoms with Gasteiger partial charge in [-0.25, -0.2) is 9.55 Å². The second kappa shape index (κ2) is 6.26. The maximum atomic E-state index is 12.9. The number of benzene rings is 2. The van der Waals surface area contributed by atoms with Crippen molar-refractivity contribution < 1.29 is 4.74 Å². The minimum atomic E-state index is -0.143. The summed E-state index contributed by atoms with van der Waals surface area (Å²) >= 11 is 0. The maximum absolute atomic E-state index is 12.9. The normalized spacial score (nSPS) is 10.4. The number of rotatable bonds is 4. The van der Waals surface area contributed by atoms with Crippen molar-refractivity contribution in [1.29, 1.82) is 0 Å². The van der Waals surface area contributed by atoms with Crippen LogP contribution in [0.5, 0.6) is 6.01 Å². The second-order valence-electron chi connectivity index (χ2n) is 4.73. The van der Waals surface area contributed by atoms with Gasteiger partial charge in [-0.15, -0.1) is 0 Å². The van der Waals surface area contributed by atoms with E-state index in [1.807, 2.05) is 67.6 Å². The van der Waals surface area contributed by atoms with Crippen LogP contribution in [0, 0.1) is 0 Å². The maximum Gasteiger partial charge on any atom is 0.303 e. The molecule has 3 rings (SSSR count). The van der Waals surface area contributed by atoms with E-state index in [4.69, 9.17) is 4.74 Å². The summed E-state index contributed by atoms with van der Waals surface area (Å²) in [5.74, 6) is 0. The summed E-state index contributed by atoms with van der Waals surface area (Å²) in [4.78, 5) is 17.2. The monoisotopic (exact) mass is 292 g/mol. The minimum absolute atomic E-state index is 0.143. The molecule has 0 atom stereocenters. The number of nitrogens with zero attached hydrogens (tertiary/aromatic N) is 2. The van der Waals surface area contributed by atoms with Crippen molar-refractivity contribution in [3.63, 3.8) is 0 Å². The lowest BCUT2D eigenvalue weighted by molar-refractivity contribution is 0.302. The Balaban J connectivity index is 2.23. The van der Waals surface area contributed by atoms with E-state index in [9.17, 15) is 4.79 Å². The number of para-hydroxylation sites is 1. The molecular weight excluding hydrogens is 276 g/mol. The predicted molar refractivity (Wildman–Crippen MR) is 86.4 cm³/mol. The Hall–Kier alpha value is -2.88. The number of aromatic nitrogens is 2. The molecule has 110 valence electrons. The molecule has 22 heavy (non-hydrogen) atoms. The molecule has 0 saturated carbocycles. The van der Waals surface area contributed by atoms with Gasteiger partial charge >= 0.3 is 6.01 Å². The summed E-state index contributed by atoms with van der Waals surface area (Å²) in [5.41, 5.74) is 1.98. The molecule has 0 amide bonds. The first-order valence-electron chi connectivity index (χ1n) is 7.17. The highest BCUT2D eigenvalue weighted by Crippen LogP contribution is 2.19. The lowest BCUT2D eigenvalue weighted by atomic mass is 10.1. The van der Waals surface area contributed by atoms with E-state index in [0.717, 1.165) is 11.3 Å². The summed E-state index contributed by atoms with van der Waals surface area (Å²) in [7, 11) is 0. The minimum Gasteiger partial charge on any atom is -0.465 e. The Morgan fingerprint density at radius 3 is 2.27 bits per heavy atom. The van der Waals surface area contributed by atoms with E-state index >= 15 is 0 Å². The van der Waals surface area contributed by atoms with Crippen LogP contribution < -0.4 is 10.3 Å². The summed E-state index contributed by atoms with van der Waals surface area (Å²) in [6.07, 6.45) is 1.57. The summed E-state index contributed by atoms with van der Waals surface area (Å²) < 4.78 is 7.02. The van der Waals surface area contributed by atoms with Gasteiger partial charge in [0.1, 0.15) is 0 Å². The lowest BCUT2D eigenvalue weighted by Crippen LogP contribution is -2.23. The van der Waals surface area contributed by atoms with Crippen LogP contribution in [-0.2, 0) is 0 Å². The molecule has 4 heteroatoms. The van der Waals surface area contributed by atoms with Gasteiger partial charge < -0.3 is 4.74 Å². The third kappa shape index (κ3) is 2.63. The molecule has 1 heterocycles. The molecule has 1 aromatic heterocycles. The van der Waals surface area contributed by atoms with Gasteiger partial charge in [0, 0.05) is 6.20 Å². The summed E-state index contributed by atoms with van der Waals surface area (Å²) in [5, 5.41) is 0. The van der Waals surface area contributed by atoms with Crippen molar-refractivity contribution in [3.05, 3.63) is 77.2 Å². The molecule has 0 saturated heterocycles. The van der Waals surface area contributed by atoms with E-state index in [-0.39, 0.29) is 5.56 Å². The van der Waals surface area contributed by atoms with E-state index in [0.29, 0.717) is 18.2 Å². The van der Waals surface area contributed by atoms with Crippen molar-refractivity contribution in [2.75, 3.05) is 6.61 Å². The first kappa shape index (κ1) is 14.1. The molecule has 0 fully saturated rings. The Morgan fingerprint density at radius 1 is 1.00 bits per heavy atom. The highest BCUT2D eigenvalue weighted by Gasteiger charge is 2.14. The zero-order chi connectivity index (χ0) is 15.4. The van der Waals surface area contributed by atoms with Crippen LogP contribution in [0.3, 0.4) is 0 Å². The van der Waals surface area contributed by atoms with Crippen molar-refractivity contribution in [2.24, 2.45) is 0 Å². The van der Waals surface area contributed by atoms with Crippen LogP contribution in [0.4, 0.5) is 0 Å². The SMILES string of the molecule is CCOc1ncc(-c2ccccc2)c(=O)n1-c1ccccc1. The van der Waals surface area contributed by atoms with E-state index in [1.165, 1.54) is 4.57 Å². The molecular formula is C18H16N2O2. The molecule has 0 unspecified atom stereocenters. The van der Waals surface area contributed by atoms with Crippen molar-refractivity contribution >= 4 is 0 Å². The smallest absolute Gasteiger partial charge is 0.303 e. The topological polar surface area (TPSA) is 44.1 Å². The standard InChI is InChI=1S/C18H16N2O2/c1-2-22-18-19-13-16(14-9-5-3-6-10-14)17(21)20(18)15-11-7-4-8-12-15/h3-13H,2H2,1H3. The van der Waals surface area contributed by atoms with Gasteiger partial charge in [-0.05, 0) is 24.6 Å². The van der Waals surface area contributed by atoms with Gasteiger partial charge in [-0.1, -0.05) is 48.5 Å². The number of hydrogen-bond acceptors (Lipinski definition) is 3. The van der Waals surface area contributed by atoms with Crippen LogP contribution in [0.25, 0.3) is 16.8 Å². The van der Waals surface area contributed by atoms with Gasteiger partial charge in [0.05, 0.1) is 17.9 Å². The highest BCUT2D eigenvalue weighted by atomic mass is 16.5. The van der Waals surface area contributed by atoms with Gasteiger partial charge in [0.25, 0.3) is 5.56 Å². The van der Waals surface area contributed by atoms with E-state index < -0.39 is 0 Å². The third-order valence-electron chi connectivity index (χ3n) is 3.30. The fourth-order valence-electron chi connectivity index (χ4n) is 2.29. The zero-order valence-corrected chi connectivity index (χ0v) is 12.3. The quantitative estimate of drug-likeness (QED) is 0.741. The van der Waals surface area contributed by atoms with Gasteiger partial charge in [-0.3, -0.25) is 4.79 Å². The van der Waals surface area contributed by atoms with Crippen LogP contribution >= 0.6 is 0 Å². The predicted octanol–water partition coefficient (Wildman–Crippen LogP) is 3.30. The number of ether oxygens (including phenoxy) is 1. The van der Waals surface area contributed by atoms with E-state index in [2.05, 4.69) is 4.98 Å². The molecule has 0 aliphatic carbocycles. The van der Waals surface area contributed by atoms with Crippen LogP contribution in [0.2, 0.25) is 0 Å². The zero-order valence-electron chi connectivity index (χ0n) is 12.3. The lowest BCUT2D eigenvalue weighted by Gasteiger charge is -2.13. The molecule has 0 bridgehead atoms. The highest BCUT2D eigenvalue weighted by molar-refractivity contribution is 5.62. The molecule has 0 aliphatic rings. The van der Waals surface area contributed by atoms with Crippen molar-refractivity contribution in [2.45, 2.75) is 6.92 Å². The molecule has 0 N–H and O–H groups in total. The molecule has 0 aliphatic heterocycles. The molecule has 4 nitrogen and oxygen atoms in total. The fraction of sp³-hybridized carbons (Fsp3) is 0.111. The molecule has 3 aromatic rings. The number of hydrogen-bond donors (Lipinski definition) is 0. The van der Waals surface area contributed by atoms with Gasteiger partial charge in [-0.2, -0.15) is 0 Å². The van der Waals surface area contributed by atoms with Crippen molar-refractivity contribution in [3.8, 4) is 22.8 Å². The Labute approximate surface area is 128 Å². The van der Waals surface area contributed by atoms with Crippen LogP contribution in [0.15, 0.2) is 71.7 Å². The average Bonchev–Trinajstić information content (AvgIpc) is 2.57. The average molecular weight is 292 g/mol. The first-order chi connectivity index (χ1) is 10.8. The molecule has 2 aromatic carbocycles. The van der Waals surface area contributed by atoms with E-state index in [1.54, 1.807) is 6.20 Å². The third-order valence-corrected chi connectivity index (χ3v) is 3.30. The Kier molecular flexibility index (Phi) is 4.01. The summed E-state index contributed by atoms with van der Waals surface area (Å²) in [6.45, 7) is 2.32. The molecule has 0 spiro atoms. The van der Waals surface area contributed by atoms with Gasteiger partial charge in [0.2, 0.25) is 0 Å². The first-order valence-corrected chi connectivity index (χ1v) is 7.17. The Morgan fingerprint density at radius 2 is 1.64 bits per heavy atom. The molecule has 0 radical (unpaired) electrons. The largest absolute Gasteiger partial charge is 0.465 e. The van der Waals surface area contributed by atoms with Crippen LogP contribution in [-0.4, -0.2) is 16.2 Å². The Bertz CT molecular complexity index is 811.